The highest BCUT2D eigenvalue weighted by Gasteiger charge is 2.20. The quantitative estimate of drug-likeness (QED) is 0.666. The van der Waals surface area contributed by atoms with E-state index >= 15 is 0 Å². The lowest BCUT2D eigenvalue weighted by Crippen LogP contribution is -2.11. The SMILES string of the molecule is C=CC(OC(=O)c1c(C)cc(O)cc1O)c1ccccc1. The summed E-state index contributed by atoms with van der Waals surface area (Å²) in [6, 6.07) is 11.7. The van der Waals surface area contributed by atoms with Gasteiger partial charge in [0.25, 0.3) is 0 Å². The number of esters is 1. The number of carbonyl (C=O) groups is 1. The van der Waals surface area contributed by atoms with Crippen molar-refractivity contribution in [1.82, 2.24) is 0 Å². The first-order valence-corrected chi connectivity index (χ1v) is 6.44. The van der Waals surface area contributed by atoms with Crippen LogP contribution in [0.25, 0.3) is 0 Å². The molecular formula is C17H16O4. The van der Waals surface area contributed by atoms with Crippen molar-refractivity contribution in [2.75, 3.05) is 0 Å². The van der Waals surface area contributed by atoms with Gasteiger partial charge in [0.2, 0.25) is 0 Å². The van der Waals surface area contributed by atoms with E-state index in [9.17, 15) is 15.0 Å². The molecule has 1 unspecified atom stereocenters. The Hall–Kier alpha value is -2.75. The first kappa shape index (κ1) is 14.7. The Labute approximate surface area is 122 Å². The molecule has 1 atom stereocenters. The smallest absolute Gasteiger partial charge is 0.343 e. The van der Waals surface area contributed by atoms with Gasteiger partial charge in [-0.1, -0.05) is 36.9 Å². The highest BCUT2D eigenvalue weighted by atomic mass is 16.5. The molecule has 0 heterocycles. The van der Waals surface area contributed by atoms with Crippen LogP contribution in [0.2, 0.25) is 0 Å². The molecule has 0 bridgehead atoms. The molecule has 0 aliphatic carbocycles. The summed E-state index contributed by atoms with van der Waals surface area (Å²) in [6.07, 6.45) is 0.909. The number of rotatable bonds is 4. The monoisotopic (exact) mass is 284 g/mol. The van der Waals surface area contributed by atoms with Gasteiger partial charge in [-0.15, -0.1) is 0 Å². The summed E-state index contributed by atoms with van der Waals surface area (Å²) >= 11 is 0. The molecule has 0 aromatic heterocycles. The van der Waals surface area contributed by atoms with Crippen LogP contribution >= 0.6 is 0 Å². The number of phenolic OH excluding ortho intramolecular Hbond substituents is 2. The van der Waals surface area contributed by atoms with Crippen LogP contribution in [0.1, 0.15) is 27.6 Å². The number of benzene rings is 2. The van der Waals surface area contributed by atoms with Crippen molar-refractivity contribution in [3.05, 3.63) is 71.8 Å². The fourth-order valence-corrected chi connectivity index (χ4v) is 2.08. The minimum absolute atomic E-state index is 0.0376. The van der Waals surface area contributed by atoms with Crippen LogP contribution < -0.4 is 0 Å². The van der Waals surface area contributed by atoms with Gasteiger partial charge in [-0.25, -0.2) is 4.79 Å². The molecule has 0 aliphatic rings. The summed E-state index contributed by atoms with van der Waals surface area (Å²) in [5.41, 5.74) is 1.26. The summed E-state index contributed by atoms with van der Waals surface area (Å²) in [4.78, 5) is 12.2. The molecule has 0 saturated carbocycles. The number of ether oxygens (including phenoxy) is 1. The van der Waals surface area contributed by atoms with Gasteiger partial charge < -0.3 is 14.9 Å². The summed E-state index contributed by atoms with van der Waals surface area (Å²) in [5.74, 6) is -1.09. The average molecular weight is 284 g/mol. The van der Waals surface area contributed by atoms with Crippen molar-refractivity contribution < 1.29 is 19.7 Å². The highest BCUT2D eigenvalue weighted by Crippen LogP contribution is 2.29. The van der Waals surface area contributed by atoms with Gasteiger partial charge in [0.05, 0.1) is 0 Å². The molecule has 108 valence electrons. The van der Waals surface area contributed by atoms with Crippen LogP contribution in [0.3, 0.4) is 0 Å². The fourth-order valence-electron chi connectivity index (χ4n) is 2.08. The lowest BCUT2D eigenvalue weighted by atomic mass is 10.1. The van der Waals surface area contributed by atoms with E-state index in [2.05, 4.69) is 6.58 Å². The average Bonchev–Trinajstić information content (AvgIpc) is 2.44. The van der Waals surface area contributed by atoms with Crippen LogP contribution in [0.5, 0.6) is 11.5 Å². The van der Waals surface area contributed by atoms with Crippen molar-refractivity contribution in [2.24, 2.45) is 0 Å². The molecular weight excluding hydrogens is 268 g/mol. The Kier molecular flexibility index (Phi) is 4.28. The standard InChI is InChI=1S/C17H16O4/c1-3-15(12-7-5-4-6-8-12)21-17(20)16-11(2)9-13(18)10-14(16)19/h3-10,15,18-19H,1H2,2H3. The predicted octanol–water partition coefficient (Wildman–Crippen LogP) is 3.49. The normalized spacial score (nSPS) is 11.7. The first-order chi connectivity index (χ1) is 10.0. The lowest BCUT2D eigenvalue weighted by Gasteiger charge is -2.16. The third-order valence-corrected chi connectivity index (χ3v) is 3.08. The zero-order chi connectivity index (χ0) is 15.4. The van der Waals surface area contributed by atoms with E-state index in [1.165, 1.54) is 12.1 Å². The van der Waals surface area contributed by atoms with Crippen LogP contribution in [-0.2, 0) is 4.74 Å². The van der Waals surface area contributed by atoms with E-state index in [1.807, 2.05) is 30.3 Å². The number of hydrogen-bond donors (Lipinski definition) is 2. The predicted molar refractivity (Wildman–Crippen MR) is 79.3 cm³/mol. The highest BCUT2D eigenvalue weighted by molar-refractivity contribution is 5.94. The van der Waals surface area contributed by atoms with Crippen molar-refractivity contribution in [1.29, 1.82) is 0 Å². The number of aromatic hydroxyl groups is 2. The largest absolute Gasteiger partial charge is 0.508 e. The molecule has 2 aromatic rings. The van der Waals surface area contributed by atoms with Crippen molar-refractivity contribution in [2.45, 2.75) is 13.0 Å². The van der Waals surface area contributed by atoms with E-state index in [4.69, 9.17) is 4.74 Å². The van der Waals surface area contributed by atoms with Gasteiger partial charge in [-0.05, 0) is 30.2 Å². The maximum absolute atomic E-state index is 12.2. The Morgan fingerprint density at radius 3 is 2.48 bits per heavy atom. The molecule has 2 rings (SSSR count). The third-order valence-electron chi connectivity index (χ3n) is 3.08. The Bertz CT molecular complexity index is 639. The summed E-state index contributed by atoms with van der Waals surface area (Å²) in [6.45, 7) is 5.28. The van der Waals surface area contributed by atoms with Gasteiger partial charge >= 0.3 is 5.97 Å². The molecule has 0 fully saturated rings. The molecule has 0 saturated heterocycles. The van der Waals surface area contributed by atoms with E-state index in [0.717, 1.165) is 11.6 Å². The zero-order valence-corrected chi connectivity index (χ0v) is 11.6. The van der Waals surface area contributed by atoms with Crippen LogP contribution in [0, 0.1) is 6.92 Å². The molecule has 0 aliphatic heterocycles. The second-order valence-corrected chi connectivity index (χ2v) is 4.63. The molecule has 2 aromatic carbocycles. The fraction of sp³-hybridized carbons (Fsp3) is 0.118. The van der Waals surface area contributed by atoms with Gasteiger partial charge in [0.15, 0.2) is 0 Å². The molecule has 0 spiro atoms. The van der Waals surface area contributed by atoms with E-state index < -0.39 is 12.1 Å². The second kappa shape index (κ2) is 6.13. The number of aryl methyl sites for hydroxylation is 1. The van der Waals surface area contributed by atoms with Gasteiger partial charge in [0.1, 0.15) is 23.2 Å². The molecule has 0 radical (unpaired) electrons. The van der Waals surface area contributed by atoms with Gasteiger partial charge in [0, 0.05) is 6.07 Å². The Balaban J connectivity index is 2.27. The van der Waals surface area contributed by atoms with Crippen LogP contribution in [0.15, 0.2) is 55.1 Å². The molecule has 21 heavy (non-hydrogen) atoms. The Morgan fingerprint density at radius 1 is 1.24 bits per heavy atom. The minimum Gasteiger partial charge on any atom is -0.508 e. The van der Waals surface area contributed by atoms with E-state index in [0.29, 0.717) is 5.56 Å². The topological polar surface area (TPSA) is 66.8 Å². The third kappa shape index (κ3) is 3.23. The second-order valence-electron chi connectivity index (χ2n) is 4.63. The lowest BCUT2D eigenvalue weighted by molar-refractivity contribution is 0.0388. The van der Waals surface area contributed by atoms with E-state index in [-0.39, 0.29) is 17.1 Å². The minimum atomic E-state index is -0.668. The maximum Gasteiger partial charge on any atom is 0.343 e. The molecule has 4 heteroatoms. The van der Waals surface area contributed by atoms with Crippen molar-refractivity contribution >= 4 is 5.97 Å². The Morgan fingerprint density at radius 2 is 1.90 bits per heavy atom. The van der Waals surface area contributed by atoms with Crippen molar-refractivity contribution in [3.63, 3.8) is 0 Å². The molecule has 4 nitrogen and oxygen atoms in total. The van der Waals surface area contributed by atoms with Crippen LogP contribution in [0.4, 0.5) is 0 Å². The number of hydrogen-bond acceptors (Lipinski definition) is 4. The van der Waals surface area contributed by atoms with Gasteiger partial charge in [-0.2, -0.15) is 0 Å². The molecule has 2 N–H and O–H groups in total. The maximum atomic E-state index is 12.2. The zero-order valence-electron chi connectivity index (χ0n) is 11.6. The van der Waals surface area contributed by atoms with E-state index in [1.54, 1.807) is 6.92 Å². The van der Waals surface area contributed by atoms with Crippen LogP contribution in [-0.4, -0.2) is 16.2 Å². The summed E-state index contributed by atoms with van der Waals surface area (Å²) < 4.78 is 5.37. The first-order valence-electron chi connectivity index (χ1n) is 6.44. The molecule has 0 amide bonds. The number of carbonyl (C=O) groups excluding carboxylic acids is 1. The van der Waals surface area contributed by atoms with Crippen molar-refractivity contribution in [3.8, 4) is 11.5 Å². The summed E-state index contributed by atoms with van der Waals surface area (Å²) in [5, 5.41) is 19.2. The number of phenols is 2. The van der Waals surface area contributed by atoms with Gasteiger partial charge in [-0.3, -0.25) is 0 Å². The summed E-state index contributed by atoms with van der Waals surface area (Å²) in [7, 11) is 0.